The van der Waals surface area contributed by atoms with Crippen LogP contribution >= 0.6 is 11.3 Å². The van der Waals surface area contributed by atoms with Gasteiger partial charge in [0.2, 0.25) is 0 Å². The largest absolute Gasteiger partial charge is 0.352 e. The van der Waals surface area contributed by atoms with Gasteiger partial charge in [0.1, 0.15) is 6.33 Å². The molecular formula is C15H21N7S. The molecule has 1 fully saturated rings. The van der Waals surface area contributed by atoms with Gasteiger partial charge in [-0.1, -0.05) is 24.2 Å². The maximum Gasteiger partial charge on any atom is 0.186 e. The summed E-state index contributed by atoms with van der Waals surface area (Å²) in [5.74, 6) is 0.992. The first kappa shape index (κ1) is 14.6. The van der Waals surface area contributed by atoms with E-state index in [1.165, 1.54) is 25.7 Å². The average Bonchev–Trinajstić information content (AvgIpc) is 3.26. The molecule has 0 aromatic carbocycles. The molecule has 3 aromatic heterocycles. The van der Waals surface area contributed by atoms with Gasteiger partial charge in [-0.05, 0) is 26.7 Å². The van der Waals surface area contributed by atoms with Crippen molar-refractivity contribution in [3.8, 4) is 0 Å². The molecule has 0 unspecified atom stereocenters. The van der Waals surface area contributed by atoms with Gasteiger partial charge in [0, 0.05) is 13.1 Å². The number of nitrogens with zero attached hydrogens (tertiary/aromatic N) is 6. The SMILES string of the molecule is Cc1nn(C)c2nc(N[C@@H](C)c3nncn3C3CCCC3)sc12. The number of nitrogens with one attached hydrogen (secondary N) is 1. The molecule has 0 amide bonds. The maximum absolute atomic E-state index is 4.66. The van der Waals surface area contributed by atoms with Crippen LogP contribution in [-0.4, -0.2) is 29.5 Å². The van der Waals surface area contributed by atoms with E-state index in [-0.39, 0.29) is 6.04 Å². The predicted octanol–water partition coefficient (Wildman–Crippen LogP) is 3.22. The molecule has 0 spiro atoms. The van der Waals surface area contributed by atoms with E-state index in [4.69, 9.17) is 0 Å². The second-order valence-electron chi connectivity index (χ2n) is 6.28. The summed E-state index contributed by atoms with van der Waals surface area (Å²) < 4.78 is 5.21. The molecule has 0 radical (unpaired) electrons. The molecular weight excluding hydrogens is 310 g/mol. The van der Waals surface area contributed by atoms with E-state index in [0.29, 0.717) is 6.04 Å². The first-order valence-electron chi connectivity index (χ1n) is 8.09. The summed E-state index contributed by atoms with van der Waals surface area (Å²) in [5, 5.41) is 17.3. The van der Waals surface area contributed by atoms with Crippen LogP contribution in [0.4, 0.5) is 5.13 Å². The fourth-order valence-corrected chi connectivity index (χ4v) is 4.44. The Balaban J connectivity index is 1.58. The number of anilines is 1. The van der Waals surface area contributed by atoms with Crippen LogP contribution in [0.25, 0.3) is 10.3 Å². The van der Waals surface area contributed by atoms with E-state index >= 15 is 0 Å². The molecule has 7 nitrogen and oxygen atoms in total. The summed E-state index contributed by atoms with van der Waals surface area (Å²) in [6.07, 6.45) is 6.92. The van der Waals surface area contributed by atoms with Crippen molar-refractivity contribution in [1.29, 1.82) is 0 Å². The van der Waals surface area contributed by atoms with Crippen molar-refractivity contribution in [1.82, 2.24) is 29.5 Å². The minimum atomic E-state index is 0.0759. The van der Waals surface area contributed by atoms with E-state index in [2.05, 4.69) is 37.1 Å². The Labute approximate surface area is 138 Å². The summed E-state index contributed by atoms with van der Waals surface area (Å²) in [7, 11) is 1.93. The van der Waals surface area contributed by atoms with Gasteiger partial charge in [-0.2, -0.15) is 5.10 Å². The molecule has 1 N–H and O–H groups in total. The highest BCUT2D eigenvalue weighted by atomic mass is 32.1. The first-order valence-corrected chi connectivity index (χ1v) is 8.91. The lowest BCUT2D eigenvalue weighted by Crippen LogP contribution is -2.16. The zero-order valence-electron chi connectivity index (χ0n) is 13.7. The van der Waals surface area contributed by atoms with Crippen LogP contribution in [0.2, 0.25) is 0 Å². The lowest BCUT2D eigenvalue weighted by molar-refractivity contribution is 0.488. The highest BCUT2D eigenvalue weighted by Crippen LogP contribution is 2.33. The smallest absolute Gasteiger partial charge is 0.186 e. The van der Waals surface area contributed by atoms with Crippen LogP contribution in [-0.2, 0) is 7.05 Å². The van der Waals surface area contributed by atoms with E-state index in [0.717, 1.165) is 27.0 Å². The summed E-state index contributed by atoms with van der Waals surface area (Å²) in [4.78, 5) is 4.66. The quantitative estimate of drug-likeness (QED) is 0.794. The Morgan fingerprint density at radius 3 is 2.87 bits per heavy atom. The molecule has 1 aliphatic rings. The van der Waals surface area contributed by atoms with Crippen molar-refractivity contribution in [2.75, 3.05) is 5.32 Å². The van der Waals surface area contributed by atoms with Crippen molar-refractivity contribution in [2.24, 2.45) is 7.05 Å². The van der Waals surface area contributed by atoms with E-state index < -0.39 is 0 Å². The molecule has 23 heavy (non-hydrogen) atoms. The monoisotopic (exact) mass is 331 g/mol. The third-order valence-electron chi connectivity index (χ3n) is 4.59. The van der Waals surface area contributed by atoms with Crippen LogP contribution in [0, 0.1) is 6.92 Å². The Hall–Kier alpha value is -1.96. The van der Waals surface area contributed by atoms with Gasteiger partial charge >= 0.3 is 0 Å². The Morgan fingerprint density at radius 2 is 2.13 bits per heavy atom. The molecule has 4 rings (SSSR count). The number of hydrogen-bond donors (Lipinski definition) is 1. The fourth-order valence-electron chi connectivity index (χ4n) is 3.42. The number of thiazole rings is 1. The van der Waals surface area contributed by atoms with Gasteiger partial charge < -0.3 is 9.88 Å². The maximum atomic E-state index is 4.66. The van der Waals surface area contributed by atoms with E-state index in [1.807, 2.05) is 25.0 Å². The zero-order chi connectivity index (χ0) is 16.0. The van der Waals surface area contributed by atoms with Gasteiger partial charge in [-0.3, -0.25) is 0 Å². The third-order valence-corrected chi connectivity index (χ3v) is 5.68. The third kappa shape index (κ3) is 2.50. The van der Waals surface area contributed by atoms with Crippen molar-refractivity contribution in [3.63, 3.8) is 0 Å². The minimum Gasteiger partial charge on any atom is -0.352 e. The molecule has 0 aliphatic heterocycles. The van der Waals surface area contributed by atoms with Crippen molar-refractivity contribution < 1.29 is 0 Å². The van der Waals surface area contributed by atoms with Gasteiger partial charge in [0.05, 0.1) is 16.4 Å². The number of hydrogen-bond acceptors (Lipinski definition) is 6. The lowest BCUT2D eigenvalue weighted by Gasteiger charge is -2.18. The van der Waals surface area contributed by atoms with E-state index in [1.54, 1.807) is 11.3 Å². The second kappa shape index (κ2) is 5.59. The highest BCUT2D eigenvalue weighted by molar-refractivity contribution is 7.22. The van der Waals surface area contributed by atoms with Crippen molar-refractivity contribution in [3.05, 3.63) is 17.8 Å². The number of aromatic nitrogens is 6. The summed E-state index contributed by atoms with van der Waals surface area (Å²) in [5.41, 5.74) is 1.95. The Morgan fingerprint density at radius 1 is 1.35 bits per heavy atom. The van der Waals surface area contributed by atoms with Gasteiger partial charge in [0.25, 0.3) is 0 Å². The minimum absolute atomic E-state index is 0.0759. The molecule has 122 valence electrons. The van der Waals surface area contributed by atoms with Gasteiger partial charge in [0.15, 0.2) is 16.6 Å². The molecule has 3 aromatic rings. The molecule has 1 aliphatic carbocycles. The van der Waals surface area contributed by atoms with Crippen LogP contribution in [0.3, 0.4) is 0 Å². The zero-order valence-corrected chi connectivity index (χ0v) is 14.5. The normalized spacial score (nSPS) is 17.2. The predicted molar refractivity (Wildman–Crippen MR) is 90.7 cm³/mol. The molecule has 1 atom stereocenters. The van der Waals surface area contributed by atoms with Crippen LogP contribution < -0.4 is 5.32 Å². The topological polar surface area (TPSA) is 73.5 Å². The first-order chi connectivity index (χ1) is 11.1. The summed E-state index contributed by atoms with van der Waals surface area (Å²) >= 11 is 1.65. The molecule has 3 heterocycles. The number of fused-ring (bicyclic) bond motifs is 1. The van der Waals surface area contributed by atoms with Crippen LogP contribution in [0.5, 0.6) is 0 Å². The fraction of sp³-hybridized carbons (Fsp3) is 0.600. The van der Waals surface area contributed by atoms with Gasteiger partial charge in [-0.25, -0.2) is 9.67 Å². The van der Waals surface area contributed by atoms with E-state index in [9.17, 15) is 0 Å². The average molecular weight is 331 g/mol. The summed E-state index contributed by atoms with van der Waals surface area (Å²) in [6.45, 7) is 4.14. The Bertz CT molecular complexity index is 790. The molecule has 0 saturated heterocycles. The Kier molecular flexibility index (Phi) is 3.56. The van der Waals surface area contributed by atoms with Crippen molar-refractivity contribution in [2.45, 2.75) is 51.6 Å². The number of rotatable bonds is 4. The van der Waals surface area contributed by atoms with Crippen LogP contribution in [0.1, 0.15) is 56.2 Å². The number of aryl methyl sites for hydroxylation is 2. The van der Waals surface area contributed by atoms with Gasteiger partial charge in [-0.15, -0.1) is 10.2 Å². The van der Waals surface area contributed by atoms with Crippen LogP contribution in [0.15, 0.2) is 6.33 Å². The highest BCUT2D eigenvalue weighted by Gasteiger charge is 2.23. The summed E-state index contributed by atoms with van der Waals surface area (Å²) in [6, 6.07) is 0.623. The standard InChI is InChI=1S/C15H21N7S/c1-9-12-14(21(3)20-9)18-15(23-12)17-10(2)13-19-16-8-22(13)11-6-4-5-7-11/h8,10-11H,4-7H2,1-3H3,(H,17,18)/t10-/m0/s1. The lowest BCUT2D eigenvalue weighted by atomic mass is 10.2. The molecule has 0 bridgehead atoms. The second-order valence-corrected chi connectivity index (χ2v) is 7.28. The molecule has 1 saturated carbocycles. The van der Waals surface area contributed by atoms with Crippen molar-refractivity contribution >= 4 is 26.8 Å². The molecule has 8 heteroatoms.